The van der Waals surface area contributed by atoms with Crippen molar-refractivity contribution in [1.29, 1.82) is 0 Å². The summed E-state index contributed by atoms with van der Waals surface area (Å²) in [4.78, 5) is 0. The van der Waals surface area contributed by atoms with Crippen molar-refractivity contribution in [2.75, 3.05) is 0 Å². The molecular weight excluding hydrogens is 238 g/mol. The summed E-state index contributed by atoms with van der Waals surface area (Å²) in [5.41, 5.74) is 8.37. The molecule has 3 nitrogen and oxygen atoms in total. The first-order valence-corrected chi connectivity index (χ1v) is 6.54. The summed E-state index contributed by atoms with van der Waals surface area (Å²) in [5, 5.41) is 0. The molecule has 0 radical (unpaired) electrons. The van der Waals surface area contributed by atoms with Crippen LogP contribution in [0.4, 0.5) is 0 Å². The largest absolute Gasteiger partial charge is 0.481 e. The molecule has 2 N–H and O–H groups in total. The zero-order valence-corrected chi connectivity index (χ0v) is 11.9. The number of ether oxygens (including phenoxy) is 1. The summed E-state index contributed by atoms with van der Waals surface area (Å²) < 4.78 is 11.7. The van der Waals surface area contributed by atoms with Gasteiger partial charge in [0.1, 0.15) is 17.3 Å². The van der Waals surface area contributed by atoms with Crippen LogP contribution in [0.5, 0.6) is 5.75 Å². The van der Waals surface area contributed by atoms with Gasteiger partial charge in [-0.25, -0.2) is 0 Å². The van der Waals surface area contributed by atoms with Gasteiger partial charge in [0.2, 0.25) is 0 Å². The molecule has 0 saturated carbocycles. The topological polar surface area (TPSA) is 48.4 Å². The van der Waals surface area contributed by atoms with E-state index < -0.39 is 0 Å². The standard InChI is InChI=1S/C16H21NO2/c1-10-6-5-7-14(12(10)3)19-16(13(4)17)15-9-8-11(2)18-15/h5-9,13,16H,17H2,1-4H3. The normalized spacial score (nSPS) is 14.2. The van der Waals surface area contributed by atoms with Crippen LogP contribution in [0, 0.1) is 20.8 Å². The van der Waals surface area contributed by atoms with Crippen molar-refractivity contribution in [3.8, 4) is 5.75 Å². The molecular formula is C16H21NO2. The summed E-state index contributed by atoms with van der Waals surface area (Å²) in [6, 6.07) is 9.73. The van der Waals surface area contributed by atoms with Crippen LogP contribution in [-0.4, -0.2) is 6.04 Å². The average molecular weight is 259 g/mol. The fraction of sp³-hybridized carbons (Fsp3) is 0.375. The zero-order chi connectivity index (χ0) is 14.0. The maximum Gasteiger partial charge on any atom is 0.171 e. The molecule has 0 aliphatic rings. The monoisotopic (exact) mass is 259 g/mol. The minimum atomic E-state index is -0.269. The molecule has 1 aromatic carbocycles. The lowest BCUT2D eigenvalue weighted by molar-refractivity contribution is 0.150. The van der Waals surface area contributed by atoms with Crippen molar-refractivity contribution >= 4 is 0 Å². The third-order valence-corrected chi connectivity index (χ3v) is 3.33. The molecule has 0 aliphatic heterocycles. The van der Waals surface area contributed by atoms with E-state index in [1.807, 2.05) is 38.1 Å². The molecule has 0 fully saturated rings. The predicted octanol–water partition coefficient (Wildman–Crippen LogP) is 3.67. The molecule has 0 amide bonds. The number of hydrogen-bond acceptors (Lipinski definition) is 3. The summed E-state index contributed by atoms with van der Waals surface area (Å²) in [5.74, 6) is 2.50. The van der Waals surface area contributed by atoms with Gasteiger partial charge in [0.05, 0.1) is 0 Å². The maximum atomic E-state index is 6.07. The van der Waals surface area contributed by atoms with Crippen molar-refractivity contribution in [3.63, 3.8) is 0 Å². The molecule has 2 atom stereocenters. The van der Waals surface area contributed by atoms with Crippen LogP contribution in [0.15, 0.2) is 34.7 Å². The second kappa shape index (κ2) is 5.49. The Balaban J connectivity index is 2.29. The van der Waals surface area contributed by atoms with Gasteiger partial charge in [-0.15, -0.1) is 0 Å². The third kappa shape index (κ3) is 2.99. The lowest BCUT2D eigenvalue weighted by Crippen LogP contribution is -2.29. The minimum absolute atomic E-state index is 0.148. The second-order valence-electron chi connectivity index (χ2n) is 5.04. The van der Waals surface area contributed by atoms with Crippen molar-refractivity contribution in [2.24, 2.45) is 5.73 Å². The van der Waals surface area contributed by atoms with Crippen molar-refractivity contribution in [3.05, 3.63) is 53.0 Å². The van der Waals surface area contributed by atoms with E-state index in [-0.39, 0.29) is 12.1 Å². The molecule has 2 rings (SSSR count). The van der Waals surface area contributed by atoms with Crippen LogP contribution in [-0.2, 0) is 0 Å². The Morgan fingerprint density at radius 2 is 1.84 bits per heavy atom. The van der Waals surface area contributed by atoms with Gasteiger partial charge < -0.3 is 14.9 Å². The highest BCUT2D eigenvalue weighted by Crippen LogP contribution is 2.29. The lowest BCUT2D eigenvalue weighted by atomic mass is 10.1. The van der Waals surface area contributed by atoms with E-state index in [0.29, 0.717) is 0 Å². The second-order valence-corrected chi connectivity index (χ2v) is 5.04. The SMILES string of the molecule is Cc1ccc(C(Oc2cccc(C)c2C)C(C)N)o1. The van der Waals surface area contributed by atoms with E-state index in [1.165, 1.54) is 5.56 Å². The van der Waals surface area contributed by atoms with Gasteiger partial charge in [-0.2, -0.15) is 0 Å². The van der Waals surface area contributed by atoms with Gasteiger partial charge >= 0.3 is 0 Å². The number of benzene rings is 1. The fourth-order valence-electron chi connectivity index (χ4n) is 2.02. The van der Waals surface area contributed by atoms with Crippen LogP contribution in [0.25, 0.3) is 0 Å². The number of nitrogens with two attached hydrogens (primary N) is 1. The first kappa shape index (κ1) is 13.7. The van der Waals surface area contributed by atoms with Gasteiger partial charge in [0.15, 0.2) is 6.10 Å². The van der Waals surface area contributed by atoms with Crippen LogP contribution >= 0.6 is 0 Å². The van der Waals surface area contributed by atoms with E-state index >= 15 is 0 Å². The first-order valence-electron chi connectivity index (χ1n) is 6.54. The summed E-state index contributed by atoms with van der Waals surface area (Å²) in [7, 11) is 0. The predicted molar refractivity (Wildman–Crippen MR) is 76.4 cm³/mol. The van der Waals surface area contributed by atoms with Crippen LogP contribution < -0.4 is 10.5 Å². The van der Waals surface area contributed by atoms with E-state index in [2.05, 4.69) is 19.9 Å². The summed E-state index contributed by atoms with van der Waals surface area (Å²) >= 11 is 0. The van der Waals surface area contributed by atoms with Crippen LogP contribution in [0.1, 0.15) is 35.7 Å². The number of aryl methyl sites for hydroxylation is 2. The van der Waals surface area contributed by atoms with E-state index in [9.17, 15) is 0 Å². The maximum absolute atomic E-state index is 6.07. The molecule has 2 unspecified atom stereocenters. The molecule has 3 heteroatoms. The molecule has 0 spiro atoms. The van der Waals surface area contributed by atoms with Gasteiger partial charge in [0, 0.05) is 6.04 Å². The quantitative estimate of drug-likeness (QED) is 0.911. The number of rotatable bonds is 4. The van der Waals surface area contributed by atoms with Crippen molar-refractivity contribution < 1.29 is 9.15 Å². The van der Waals surface area contributed by atoms with Crippen LogP contribution in [0.2, 0.25) is 0 Å². The number of furan rings is 1. The Morgan fingerprint density at radius 3 is 2.42 bits per heavy atom. The summed E-state index contributed by atoms with van der Waals surface area (Å²) in [6.07, 6.45) is -0.269. The smallest absolute Gasteiger partial charge is 0.171 e. The lowest BCUT2D eigenvalue weighted by Gasteiger charge is -2.22. The Labute approximate surface area is 114 Å². The van der Waals surface area contributed by atoms with E-state index in [0.717, 1.165) is 22.8 Å². The zero-order valence-electron chi connectivity index (χ0n) is 11.9. The average Bonchev–Trinajstić information content (AvgIpc) is 2.77. The molecule has 19 heavy (non-hydrogen) atoms. The molecule has 1 heterocycles. The Hall–Kier alpha value is -1.74. The molecule has 0 saturated heterocycles. The first-order chi connectivity index (χ1) is 8.99. The van der Waals surface area contributed by atoms with Crippen molar-refractivity contribution in [1.82, 2.24) is 0 Å². The van der Waals surface area contributed by atoms with Crippen LogP contribution in [0.3, 0.4) is 0 Å². The fourth-order valence-corrected chi connectivity index (χ4v) is 2.02. The molecule has 2 aromatic rings. The molecule has 102 valence electrons. The molecule has 0 aliphatic carbocycles. The van der Waals surface area contributed by atoms with Gasteiger partial charge in [-0.1, -0.05) is 12.1 Å². The Kier molecular flexibility index (Phi) is 3.96. The highest BCUT2D eigenvalue weighted by atomic mass is 16.5. The van der Waals surface area contributed by atoms with Gasteiger partial charge in [-0.3, -0.25) is 0 Å². The highest BCUT2D eigenvalue weighted by molar-refractivity contribution is 5.38. The number of hydrogen-bond donors (Lipinski definition) is 1. The third-order valence-electron chi connectivity index (χ3n) is 3.33. The van der Waals surface area contributed by atoms with Gasteiger partial charge in [-0.05, 0) is 57.0 Å². The molecule has 1 aromatic heterocycles. The Morgan fingerprint density at radius 1 is 1.11 bits per heavy atom. The molecule has 0 bridgehead atoms. The Bertz CT molecular complexity index is 558. The van der Waals surface area contributed by atoms with E-state index in [4.69, 9.17) is 14.9 Å². The van der Waals surface area contributed by atoms with Crippen molar-refractivity contribution in [2.45, 2.75) is 39.8 Å². The van der Waals surface area contributed by atoms with E-state index in [1.54, 1.807) is 0 Å². The summed E-state index contributed by atoms with van der Waals surface area (Å²) in [6.45, 7) is 7.96. The highest BCUT2D eigenvalue weighted by Gasteiger charge is 2.22. The van der Waals surface area contributed by atoms with Gasteiger partial charge in [0.25, 0.3) is 0 Å². The minimum Gasteiger partial charge on any atom is -0.481 e.